The Labute approximate surface area is 110 Å². The van der Waals surface area contributed by atoms with Crippen molar-refractivity contribution < 1.29 is 24.5 Å². The third kappa shape index (κ3) is 4.03. The van der Waals surface area contributed by atoms with Gasteiger partial charge in [-0.05, 0) is 31.2 Å². The fourth-order valence-electron chi connectivity index (χ4n) is 1.38. The van der Waals surface area contributed by atoms with Crippen LogP contribution in [0.15, 0.2) is 24.3 Å². The van der Waals surface area contributed by atoms with E-state index in [0.717, 1.165) is 0 Å². The van der Waals surface area contributed by atoms with Gasteiger partial charge in [-0.1, -0.05) is 0 Å². The summed E-state index contributed by atoms with van der Waals surface area (Å²) in [6.07, 6.45) is -1.03. The molecular weight excluding hydrogens is 250 g/mol. The van der Waals surface area contributed by atoms with Crippen molar-refractivity contribution in [3.05, 3.63) is 29.8 Å². The summed E-state index contributed by atoms with van der Waals surface area (Å²) >= 11 is 0. The molecule has 0 aliphatic rings. The third-order valence-corrected chi connectivity index (χ3v) is 2.41. The number of aliphatic hydroxyl groups is 2. The molecule has 2 atom stereocenters. The van der Waals surface area contributed by atoms with Gasteiger partial charge in [0, 0.05) is 12.2 Å². The largest absolute Gasteiger partial charge is 0.488 e. The molecule has 102 valence electrons. The Bertz CT molecular complexity index is 453. The lowest BCUT2D eigenvalue weighted by Crippen LogP contribution is -2.49. The zero-order valence-electron chi connectivity index (χ0n) is 10.4. The molecule has 0 aliphatic carbocycles. The van der Waals surface area contributed by atoms with Crippen LogP contribution in [0.5, 0.6) is 5.75 Å². The van der Waals surface area contributed by atoms with Crippen molar-refractivity contribution in [3.63, 3.8) is 0 Å². The molecule has 0 saturated carbocycles. The fourth-order valence-corrected chi connectivity index (χ4v) is 1.38. The first-order chi connectivity index (χ1) is 9.05. The molecule has 6 heteroatoms. The van der Waals surface area contributed by atoms with Crippen molar-refractivity contribution in [1.82, 2.24) is 0 Å². The van der Waals surface area contributed by atoms with Gasteiger partial charge in [0.2, 0.25) is 5.79 Å². The maximum absolute atomic E-state index is 10.5. The first-order valence-corrected chi connectivity index (χ1v) is 5.67. The van der Waals surface area contributed by atoms with Gasteiger partial charge < -0.3 is 19.7 Å². The summed E-state index contributed by atoms with van der Waals surface area (Å²) in [5, 5.41) is 28.0. The molecule has 19 heavy (non-hydrogen) atoms. The summed E-state index contributed by atoms with van der Waals surface area (Å²) in [7, 11) is 0. The predicted octanol–water partition coefficient (Wildman–Crippen LogP) is 0.487. The molecule has 0 aromatic heterocycles. The molecule has 0 fully saturated rings. The number of ether oxygens (including phenoxy) is 2. The number of hydrogen-bond acceptors (Lipinski definition) is 6. The van der Waals surface area contributed by atoms with Gasteiger partial charge in [0.15, 0.2) is 6.10 Å². The van der Waals surface area contributed by atoms with E-state index in [0.29, 0.717) is 17.6 Å². The highest BCUT2D eigenvalue weighted by molar-refractivity contribution is 5.74. The standard InChI is InChI=1S/C13H15NO5/c1-2-19-13(17,12(16)7-14)9-18-11-5-3-10(8-15)4-6-11/h3-6,8,12,16-17H,2,9H2,1H3. The van der Waals surface area contributed by atoms with E-state index in [2.05, 4.69) is 0 Å². The minimum atomic E-state index is -2.09. The fraction of sp³-hybridized carbons (Fsp3) is 0.385. The molecule has 0 radical (unpaired) electrons. The highest BCUT2D eigenvalue weighted by atomic mass is 16.7. The van der Waals surface area contributed by atoms with Crippen molar-refractivity contribution in [1.29, 1.82) is 5.26 Å². The van der Waals surface area contributed by atoms with Crippen molar-refractivity contribution in [2.24, 2.45) is 0 Å². The molecule has 6 nitrogen and oxygen atoms in total. The Morgan fingerprint density at radius 1 is 1.47 bits per heavy atom. The van der Waals surface area contributed by atoms with E-state index < -0.39 is 18.5 Å². The number of aldehydes is 1. The highest BCUT2D eigenvalue weighted by Crippen LogP contribution is 2.17. The van der Waals surface area contributed by atoms with Crippen LogP contribution in [-0.4, -0.2) is 41.6 Å². The van der Waals surface area contributed by atoms with Gasteiger partial charge in [-0.3, -0.25) is 4.79 Å². The zero-order chi connectivity index (χ0) is 14.3. The third-order valence-electron chi connectivity index (χ3n) is 2.41. The molecule has 2 N–H and O–H groups in total. The van der Waals surface area contributed by atoms with Crippen molar-refractivity contribution in [3.8, 4) is 11.8 Å². The molecule has 0 heterocycles. The minimum absolute atomic E-state index is 0.114. The van der Waals surface area contributed by atoms with Crippen molar-refractivity contribution in [2.75, 3.05) is 13.2 Å². The Kier molecular flexibility index (Phi) is 5.45. The molecule has 0 amide bonds. The number of hydrogen-bond donors (Lipinski definition) is 2. The van der Waals surface area contributed by atoms with Gasteiger partial charge in [0.1, 0.15) is 18.6 Å². The van der Waals surface area contributed by atoms with Gasteiger partial charge in [0.25, 0.3) is 0 Å². The Hall–Kier alpha value is -1.94. The summed E-state index contributed by atoms with van der Waals surface area (Å²) in [5.74, 6) is -1.71. The summed E-state index contributed by atoms with van der Waals surface area (Å²) in [4.78, 5) is 10.5. The SMILES string of the molecule is CCOC(O)(COc1ccc(C=O)cc1)C(O)C#N. The second kappa shape index (κ2) is 6.85. The summed E-state index contributed by atoms with van der Waals surface area (Å²) in [5.41, 5.74) is 0.490. The molecule has 1 aromatic carbocycles. The monoisotopic (exact) mass is 265 g/mol. The van der Waals surface area contributed by atoms with E-state index in [9.17, 15) is 15.0 Å². The molecule has 0 saturated heterocycles. The van der Waals surface area contributed by atoms with Crippen LogP contribution in [0, 0.1) is 11.3 Å². The maximum atomic E-state index is 10.5. The lowest BCUT2D eigenvalue weighted by Gasteiger charge is -2.28. The first kappa shape index (κ1) is 15.1. The van der Waals surface area contributed by atoms with E-state index >= 15 is 0 Å². The number of rotatable bonds is 7. The molecule has 1 rings (SSSR count). The predicted molar refractivity (Wildman–Crippen MR) is 65.5 cm³/mol. The molecule has 2 unspecified atom stereocenters. The topological polar surface area (TPSA) is 99.8 Å². The van der Waals surface area contributed by atoms with Crippen LogP contribution >= 0.6 is 0 Å². The van der Waals surface area contributed by atoms with Crippen molar-refractivity contribution in [2.45, 2.75) is 18.8 Å². The molecule has 0 bridgehead atoms. The number of nitriles is 1. The zero-order valence-corrected chi connectivity index (χ0v) is 10.4. The van der Waals surface area contributed by atoms with Gasteiger partial charge in [-0.25, -0.2) is 0 Å². The molecule has 1 aromatic rings. The Morgan fingerprint density at radius 2 is 2.11 bits per heavy atom. The van der Waals surface area contributed by atoms with E-state index in [4.69, 9.17) is 14.7 Å². The smallest absolute Gasteiger partial charge is 0.241 e. The van der Waals surface area contributed by atoms with E-state index in [1.807, 2.05) is 0 Å². The quantitative estimate of drug-likeness (QED) is 0.423. The van der Waals surface area contributed by atoms with Gasteiger partial charge in [0.05, 0.1) is 6.07 Å². The van der Waals surface area contributed by atoms with E-state index in [-0.39, 0.29) is 6.61 Å². The first-order valence-electron chi connectivity index (χ1n) is 5.67. The van der Waals surface area contributed by atoms with Crippen LogP contribution in [0.2, 0.25) is 0 Å². The van der Waals surface area contributed by atoms with Crippen LogP contribution in [-0.2, 0) is 4.74 Å². The number of carbonyl (C=O) groups is 1. The normalized spacial score (nSPS) is 15.1. The van der Waals surface area contributed by atoms with Gasteiger partial charge in [-0.2, -0.15) is 5.26 Å². The minimum Gasteiger partial charge on any atom is -0.488 e. The lowest BCUT2D eigenvalue weighted by atomic mass is 10.1. The second-order valence-corrected chi connectivity index (χ2v) is 3.79. The summed E-state index contributed by atoms with van der Waals surface area (Å²) in [6, 6.07) is 7.66. The van der Waals surface area contributed by atoms with Crippen LogP contribution in [0.4, 0.5) is 0 Å². The van der Waals surface area contributed by atoms with Gasteiger partial charge in [-0.15, -0.1) is 0 Å². The lowest BCUT2D eigenvalue weighted by molar-refractivity contribution is -0.253. The molecular formula is C13H15NO5. The molecule has 0 aliphatic heterocycles. The average Bonchev–Trinajstić information content (AvgIpc) is 2.45. The Morgan fingerprint density at radius 3 is 2.58 bits per heavy atom. The number of nitrogens with zero attached hydrogens (tertiary/aromatic N) is 1. The van der Waals surface area contributed by atoms with E-state index in [1.165, 1.54) is 18.2 Å². The second-order valence-electron chi connectivity index (χ2n) is 3.79. The maximum Gasteiger partial charge on any atom is 0.241 e. The Balaban J connectivity index is 2.70. The summed E-state index contributed by atoms with van der Waals surface area (Å²) in [6.45, 7) is 1.33. The average molecular weight is 265 g/mol. The van der Waals surface area contributed by atoms with Crippen LogP contribution in [0.3, 0.4) is 0 Å². The summed E-state index contributed by atoms with van der Waals surface area (Å²) < 4.78 is 10.2. The number of aliphatic hydroxyl groups excluding tert-OH is 1. The van der Waals surface area contributed by atoms with Crippen molar-refractivity contribution >= 4 is 6.29 Å². The van der Waals surface area contributed by atoms with E-state index in [1.54, 1.807) is 19.1 Å². The highest BCUT2D eigenvalue weighted by Gasteiger charge is 2.38. The number of benzene rings is 1. The number of carbonyl (C=O) groups excluding carboxylic acids is 1. The van der Waals surface area contributed by atoms with Crippen LogP contribution in [0.25, 0.3) is 0 Å². The van der Waals surface area contributed by atoms with Gasteiger partial charge >= 0.3 is 0 Å². The van der Waals surface area contributed by atoms with Crippen LogP contribution in [0.1, 0.15) is 17.3 Å². The molecule has 0 spiro atoms. The van der Waals surface area contributed by atoms with Crippen LogP contribution < -0.4 is 4.74 Å².